The van der Waals surface area contributed by atoms with E-state index in [2.05, 4.69) is 16.0 Å². The summed E-state index contributed by atoms with van der Waals surface area (Å²) < 4.78 is 5.64. The van der Waals surface area contributed by atoms with Gasteiger partial charge in [0.2, 0.25) is 0 Å². The van der Waals surface area contributed by atoms with Crippen molar-refractivity contribution in [2.45, 2.75) is 33.1 Å². The van der Waals surface area contributed by atoms with Crippen LogP contribution in [-0.4, -0.2) is 17.5 Å². The van der Waals surface area contributed by atoms with E-state index in [0.29, 0.717) is 29.0 Å². The minimum absolute atomic E-state index is 0.187. The zero-order chi connectivity index (χ0) is 18.0. The first-order chi connectivity index (χ1) is 12.0. The van der Waals surface area contributed by atoms with Crippen molar-refractivity contribution < 1.29 is 14.0 Å². The lowest BCUT2D eigenvalue weighted by atomic mass is 9.93. The van der Waals surface area contributed by atoms with Gasteiger partial charge in [0.15, 0.2) is 5.76 Å². The number of nitrogen functional groups attached to an aromatic ring is 1. The second-order valence-corrected chi connectivity index (χ2v) is 6.05. The summed E-state index contributed by atoms with van der Waals surface area (Å²) in [5.41, 5.74) is 8.41. The summed E-state index contributed by atoms with van der Waals surface area (Å²) in [6.07, 6.45) is 2.26. The van der Waals surface area contributed by atoms with Crippen molar-refractivity contribution in [1.29, 1.82) is 0 Å². The molecule has 3 rings (SSSR count). The molecule has 0 atom stereocenters. The highest BCUT2D eigenvalue weighted by Gasteiger charge is 2.27. The maximum atomic E-state index is 12.3. The first-order valence-corrected chi connectivity index (χ1v) is 8.08. The average molecular weight is 340 g/mol. The number of nitrogens with zero attached hydrogens (tertiary/aromatic N) is 1. The van der Waals surface area contributed by atoms with Crippen LogP contribution in [0.2, 0.25) is 0 Å². The van der Waals surface area contributed by atoms with Crippen LogP contribution in [0.15, 0.2) is 33.8 Å². The summed E-state index contributed by atoms with van der Waals surface area (Å²) in [5.74, 6) is 5.33. The lowest BCUT2D eigenvalue weighted by Crippen LogP contribution is -2.30. The monoisotopic (exact) mass is 340 g/mol. The van der Waals surface area contributed by atoms with Gasteiger partial charge < -0.3 is 4.42 Å². The molecule has 1 aliphatic carbocycles. The molecule has 0 saturated carbocycles. The van der Waals surface area contributed by atoms with Gasteiger partial charge in [0, 0.05) is 23.1 Å². The fourth-order valence-electron chi connectivity index (χ4n) is 3.03. The van der Waals surface area contributed by atoms with Gasteiger partial charge >= 0.3 is 5.91 Å². The van der Waals surface area contributed by atoms with E-state index >= 15 is 0 Å². The number of fused-ring (bicyclic) bond motifs is 1. The van der Waals surface area contributed by atoms with E-state index in [4.69, 9.17) is 10.3 Å². The standard InChI is InChI=1S/C18H20N4O3/c1-10-5-3-6-12(9-10)17(23)22-21-13-7-4-8-14-15(13)11(2)16(25-14)18(24)20-19/h3,5-6,9H,4,7-8,19H2,1-2H3,(H,20,24)(H,22,23)/b21-13+. The number of nitrogens with one attached hydrogen (secondary N) is 2. The number of benzene rings is 1. The molecule has 2 aromatic rings. The van der Waals surface area contributed by atoms with Crippen LogP contribution in [-0.2, 0) is 6.42 Å². The van der Waals surface area contributed by atoms with E-state index in [1.807, 2.05) is 19.1 Å². The van der Waals surface area contributed by atoms with Gasteiger partial charge in [0.25, 0.3) is 5.91 Å². The van der Waals surface area contributed by atoms with E-state index in [1.54, 1.807) is 19.1 Å². The van der Waals surface area contributed by atoms with E-state index in [1.165, 1.54) is 0 Å². The largest absolute Gasteiger partial charge is 0.455 e. The number of amides is 2. The zero-order valence-corrected chi connectivity index (χ0v) is 14.2. The van der Waals surface area contributed by atoms with Crippen LogP contribution < -0.4 is 16.7 Å². The molecule has 1 aromatic heterocycles. The number of carbonyl (C=O) groups excluding carboxylic acids is 2. The Balaban J connectivity index is 1.87. The Kier molecular flexibility index (Phi) is 4.67. The predicted molar refractivity (Wildman–Crippen MR) is 93.2 cm³/mol. The summed E-state index contributed by atoms with van der Waals surface area (Å²) in [7, 11) is 0. The van der Waals surface area contributed by atoms with Crippen molar-refractivity contribution in [1.82, 2.24) is 10.9 Å². The SMILES string of the molecule is Cc1cccc(C(=O)N/N=C2\CCCc3oc(C(=O)NN)c(C)c32)c1. The molecule has 0 aliphatic heterocycles. The minimum Gasteiger partial charge on any atom is -0.455 e. The molecule has 4 N–H and O–H groups in total. The van der Waals surface area contributed by atoms with Crippen molar-refractivity contribution in [2.24, 2.45) is 10.9 Å². The molecule has 25 heavy (non-hydrogen) atoms. The van der Waals surface area contributed by atoms with Crippen molar-refractivity contribution >= 4 is 17.5 Å². The van der Waals surface area contributed by atoms with Gasteiger partial charge in [0.1, 0.15) is 5.76 Å². The third-order valence-corrected chi connectivity index (χ3v) is 4.24. The van der Waals surface area contributed by atoms with Crippen LogP contribution in [0.4, 0.5) is 0 Å². The molecule has 7 nitrogen and oxygen atoms in total. The molecular formula is C18H20N4O3. The number of rotatable bonds is 3. The second-order valence-electron chi connectivity index (χ2n) is 6.05. The van der Waals surface area contributed by atoms with Gasteiger partial charge in [0.05, 0.1) is 5.71 Å². The number of aryl methyl sites for hydroxylation is 2. The van der Waals surface area contributed by atoms with Gasteiger partial charge in [-0.25, -0.2) is 11.3 Å². The second kappa shape index (κ2) is 6.90. The van der Waals surface area contributed by atoms with Gasteiger partial charge in [-0.3, -0.25) is 15.0 Å². The van der Waals surface area contributed by atoms with Crippen molar-refractivity contribution in [3.63, 3.8) is 0 Å². The highest BCUT2D eigenvalue weighted by Crippen LogP contribution is 2.29. The Labute approximate surface area is 145 Å². The normalized spacial score (nSPS) is 14.9. The van der Waals surface area contributed by atoms with Crippen LogP contribution >= 0.6 is 0 Å². The number of hydrazone groups is 1. The number of carbonyl (C=O) groups is 2. The first-order valence-electron chi connectivity index (χ1n) is 8.08. The van der Waals surface area contributed by atoms with Crippen molar-refractivity contribution in [3.05, 3.63) is 58.0 Å². The Morgan fingerprint density at radius 1 is 1.20 bits per heavy atom. The van der Waals surface area contributed by atoms with Gasteiger partial charge in [-0.2, -0.15) is 5.10 Å². The van der Waals surface area contributed by atoms with Crippen LogP contribution in [0.1, 0.15) is 56.2 Å². The smallest absolute Gasteiger partial charge is 0.301 e. The lowest BCUT2D eigenvalue weighted by molar-refractivity contribution is 0.0921. The summed E-state index contributed by atoms with van der Waals surface area (Å²) in [6, 6.07) is 7.29. The number of nitrogens with two attached hydrogens (primary N) is 1. The fourth-order valence-corrected chi connectivity index (χ4v) is 3.03. The van der Waals surface area contributed by atoms with Crippen LogP contribution in [0.5, 0.6) is 0 Å². The molecule has 7 heteroatoms. The highest BCUT2D eigenvalue weighted by atomic mass is 16.4. The van der Waals surface area contributed by atoms with Gasteiger partial charge in [-0.15, -0.1) is 0 Å². The molecule has 0 saturated heterocycles. The lowest BCUT2D eigenvalue weighted by Gasteiger charge is -2.13. The molecule has 130 valence electrons. The molecule has 1 heterocycles. The van der Waals surface area contributed by atoms with Crippen molar-refractivity contribution in [3.8, 4) is 0 Å². The van der Waals surface area contributed by atoms with E-state index in [-0.39, 0.29) is 11.7 Å². The molecule has 0 radical (unpaired) electrons. The van der Waals surface area contributed by atoms with Crippen LogP contribution in [0.3, 0.4) is 0 Å². The number of furan rings is 1. The highest BCUT2D eigenvalue weighted by molar-refractivity contribution is 6.07. The first kappa shape index (κ1) is 16.9. The Bertz CT molecular complexity index is 867. The molecule has 0 unspecified atom stereocenters. The van der Waals surface area contributed by atoms with E-state index in [9.17, 15) is 9.59 Å². The van der Waals surface area contributed by atoms with Crippen molar-refractivity contribution in [2.75, 3.05) is 0 Å². The summed E-state index contributed by atoms with van der Waals surface area (Å²) in [4.78, 5) is 24.1. The molecule has 0 bridgehead atoms. The van der Waals surface area contributed by atoms with Gasteiger partial charge in [-0.1, -0.05) is 17.7 Å². The molecule has 1 aliphatic rings. The number of hydrazine groups is 1. The summed E-state index contributed by atoms with van der Waals surface area (Å²) in [6.45, 7) is 3.71. The third kappa shape index (κ3) is 3.32. The Hall–Kier alpha value is -2.93. The van der Waals surface area contributed by atoms with Crippen LogP contribution in [0, 0.1) is 13.8 Å². The summed E-state index contributed by atoms with van der Waals surface area (Å²) in [5, 5.41) is 4.28. The maximum Gasteiger partial charge on any atom is 0.301 e. The topological polar surface area (TPSA) is 110 Å². The molecule has 0 fully saturated rings. The minimum atomic E-state index is -0.477. The molecular weight excluding hydrogens is 320 g/mol. The average Bonchev–Trinajstić information content (AvgIpc) is 2.96. The Morgan fingerprint density at radius 3 is 2.72 bits per heavy atom. The molecule has 1 aromatic carbocycles. The third-order valence-electron chi connectivity index (χ3n) is 4.24. The molecule has 0 spiro atoms. The fraction of sp³-hybridized carbons (Fsp3) is 0.278. The summed E-state index contributed by atoms with van der Waals surface area (Å²) >= 11 is 0. The molecule has 2 amide bonds. The maximum absolute atomic E-state index is 12.3. The predicted octanol–water partition coefficient (Wildman–Crippen LogP) is 1.97. The van der Waals surface area contributed by atoms with Gasteiger partial charge in [-0.05, 0) is 38.8 Å². The number of hydrogen-bond acceptors (Lipinski definition) is 5. The Morgan fingerprint density at radius 2 is 2.00 bits per heavy atom. The van der Waals surface area contributed by atoms with E-state index in [0.717, 1.165) is 24.0 Å². The number of hydrogen-bond donors (Lipinski definition) is 3. The quantitative estimate of drug-likeness (QED) is 0.451. The zero-order valence-electron chi connectivity index (χ0n) is 14.2. The van der Waals surface area contributed by atoms with E-state index < -0.39 is 5.91 Å². The van der Waals surface area contributed by atoms with Crippen LogP contribution in [0.25, 0.3) is 0 Å².